The van der Waals surface area contributed by atoms with Gasteiger partial charge in [-0.2, -0.15) is 0 Å². The lowest BCUT2D eigenvalue weighted by Gasteiger charge is -2.36. The van der Waals surface area contributed by atoms with Gasteiger partial charge in [-0.25, -0.2) is 18.1 Å². The number of sulfonamides is 1. The van der Waals surface area contributed by atoms with Gasteiger partial charge in [0, 0.05) is 36.3 Å². The Morgan fingerprint density at radius 3 is 2.39 bits per heavy atom. The Morgan fingerprint density at radius 1 is 0.980 bits per heavy atom. The van der Waals surface area contributed by atoms with Crippen LogP contribution >= 0.6 is 0 Å². The summed E-state index contributed by atoms with van der Waals surface area (Å²) in [4.78, 5) is 34.2. The minimum atomic E-state index is -3.83. The van der Waals surface area contributed by atoms with Gasteiger partial charge in [0.25, 0.3) is 11.8 Å². The van der Waals surface area contributed by atoms with E-state index in [0.717, 1.165) is 71.5 Å². The lowest BCUT2D eigenvalue weighted by atomic mass is 9.73. The highest BCUT2D eigenvalue weighted by Crippen LogP contribution is 2.57. The van der Waals surface area contributed by atoms with E-state index in [1.54, 1.807) is 40.3 Å². The van der Waals surface area contributed by atoms with Gasteiger partial charge in [-0.1, -0.05) is 31.4 Å². The standard InChI is InChI=1S/C39H49N5O6S/c1-23(2)51(48,49)42-38(46)26-13-15-32-33(19-26)43-21-28(36-35(39(47)40-20-24(3)45)41-22-44(36)29-11-8-12-29)17-27-18-30(50-4)14-16-31(27)37(43)34(32)25-9-6-5-7-10-25/h13-19,22-25,29,34,37,45H,5-12,20-21H2,1-4H3,(H,40,47)(H,42,46)/t24-,34?,37?/m1/s1. The van der Waals surface area contributed by atoms with Crippen molar-refractivity contribution in [1.82, 2.24) is 19.6 Å². The molecule has 4 aliphatic rings. The topological polar surface area (TPSA) is 143 Å². The van der Waals surface area contributed by atoms with Gasteiger partial charge in [-0.3, -0.25) is 9.59 Å². The molecular formula is C39H49N5O6S. The summed E-state index contributed by atoms with van der Waals surface area (Å²) in [5.41, 5.74) is 6.44. The van der Waals surface area contributed by atoms with Gasteiger partial charge in [0.1, 0.15) is 5.75 Å². The first-order chi connectivity index (χ1) is 24.5. The molecule has 2 unspecified atom stereocenters. The number of aliphatic hydroxyl groups excluding tert-OH is 1. The number of amides is 2. The number of nitrogens with zero attached hydrogens (tertiary/aromatic N) is 3. The number of hydrogen-bond donors (Lipinski definition) is 3. The van der Waals surface area contributed by atoms with Gasteiger partial charge in [-0.15, -0.1) is 0 Å². The second kappa shape index (κ2) is 14.1. The average Bonchev–Trinajstić information content (AvgIpc) is 3.60. The van der Waals surface area contributed by atoms with E-state index in [-0.39, 0.29) is 36.0 Å². The van der Waals surface area contributed by atoms with Gasteiger partial charge in [-0.05, 0) is 111 Å². The quantitative estimate of drug-likeness (QED) is 0.233. The number of carbonyl (C=O) groups is 2. The van der Waals surface area contributed by atoms with E-state index in [1.807, 2.05) is 18.2 Å². The molecule has 51 heavy (non-hydrogen) atoms. The number of hydrogen-bond acceptors (Lipinski definition) is 8. The van der Waals surface area contributed by atoms with E-state index in [4.69, 9.17) is 4.74 Å². The zero-order chi connectivity index (χ0) is 36.0. The van der Waals surface area contributed by atoms with Crippen LogP contribution in [0.15, 0.2) is 42.7 Å². The SMILES string of the molecule is COc1ccc2c(c1)C=C(c1c(C(=O)NC[C@@H](C)O)ncn1C1CCC1)CN1c3cc(C(=O)NS(=O)(=O)C(C)C)ccc3C(C3CCCCC3)C21. The first-order valence-electron chi connectivity index (χ1n) is 18.3. The molecule has 0 spiro atoms. The molecule has 1 aromatic heterocycles. The van der Waals surface area contributed by atoms with E-state index in [9.17, 15) is 23.1 Å². The predicted molar refractivity (Wildman–Crippen MR) is 197 cm³/mol. The second-order valence-electron chi connectivity index (χ2n) is 15.0. The summed E-state index contributed by atoms with van der Waals surface area (Å²) in [7, 11) is -2.17. The van der Waals surface area contributed by atoms with E-state index in [0.29, 0.717) is 18.2 Å². The van der Waals surface area contributed by atoms with E-state index in [2.05, 4.69) is 42.7 Å². The molecule has 11 nitrogen and oxygen atoms in total. The van der Waals surface area contributed by atoms with Crippen LogP contribution in [0, 0.1) is 5.92 Å². The Kier molecular flexibility index (Phi) is 9.75. The Hall–Kier alpha value is -4.16. The highest BCUT2D eigenvalue weighted by atomic mass is 32.2. The number of anilines is 1. The molecule has 2 aliphatic carbocycles. The van der Waals surface area contributed by atoms with Crippen molar-refractivity contribution >= 4 is 39.2 Å². The van der Waals surface area contributed by atoms with Gasteiger partial charge in [0.2, 0.25) is 10.0 Å². The van der Waals surface area contributed by atoms with Crippen molar-refractivity contribution in [3.05, 3.63) is 76.4 Å². The summed E-state index contributed by atoms with van der Waals surface area (Å²) >= 11 is 0. The number of imidazole rings is 1. The van der Waals surface area contributed by atoms with Crippen molar-refractivity contribution in [2.45, 2.75) is 101 Å². The van der Waals surface area contributed by atoms with Crippen LogP contribution in [0.3, 0.4) is 0 Å². The Labute approximate surface area is 300 Å². The van der Waals surface area contributed by atoms with Gasteiger partial charge < -0.3 is 24.6 Å². The Bertz CT molecular complexity index is 1960. The number of nitrogens with one attached hydrogen (secondary N) is 2. The zero-order valence-corrected chi connectivity index (χ0v) is 30.7. The summed E-state index contributed by atoms with van der Waals surface area (Å²) in [6.07, 6.45) is 12.1. The lowest BCUT2D eigenvalue weighted by molar-refractivity contribution is 0.0918. The van der Waals surface area contributed by atoms with Crippen LogP contribution in [-0.2, 0) is 10.0 Å². The van der Waals surface area contributed by atoms with Crippen molar-refractivity contribution in [2.75, 3.05) is 25.1 Å². The molecule has 3 N–H and O–H groups in total. The number of fused-ring (bicyclic) bond motifs is 5. The van der Waals surface area contributed by atoms with Crippen LogP contribution in [0.1, 0.15) is 133 Å². The summed E-state index contributed by atoms with van der Waals surface area (Å²) in [5.74, 6) is 0.299. The van der Waals surface area contributed by atoms with E-state index in [1.165, 1.54) is 19.3 Å². The Balaban J connectivity index is 1.40. The number of ether oxygens (including phenoxy) is 1. The van der Waals surface area contributed by atoms with Crippen LogP contribution in [0.4, 0.5) is 5.69 Å². The monoisotopic (exact) mass is 715 g/mol. The van der Waals surface area contributed by atoms with Crippen LogP contribution in [0.25, 0.3) is 11.6 Å². The maximum Gasteiger partial charge on any atom is 0.272 e. The van der Waals surface area contributed by atoms with E-state index >= 15 is 0 Å². The number of carbonyl (C=O) groups excluding carboxylic acids is 2. The minimum Gasteiger partial charge on any atom is -0.497 e. The zero-order valence-electron chi connectivity index (χ0n) is 29.9. The van der Waals surface area contributed by atoms with Crippen LogP contribution in [-0.4, -0.2) is 66.4 Å². The van der Waals surface area contributed by atoms with Crippen molar-refractivity contribution in [3.8, 4) is 5.75 Å². The lowest BCUT2D eigenvalue weighted by Crippen LogP contribution is -2.36. The maximum absolute atomic E-state index is 13.7. The smallest absolute Gasteiger partial charge is 0.272 e. The van der Waals surface area contributed by atoms with Crippen LogP contribution in [0.5, 0.6) is 5.75 Å². The fourth-order valence-corrected chi connectivity index (χ4v) is 8.94. The van der Waals surface area contributed by atoms with Gasteiger partial charge in [0.15, 0.2) is 5.69 Å². The molecule has 0 saturated heterocycles. The Morgan fingerprint density at radius 2 is 1.73 bits per heavy atom. The molecule has 2 amide bonds. The number of aromatic nitrogens is 2. The molecule has 2 saturated carbocycles. The third kappa shape index (κ3) is 6.68. The molecule has 0 bridgehead atoms. The molecule has 3 aromatic rings. The molecule has 3 atom stereocenters. The highest BCUT2D eigenvalue weighted by Gasteiger charge is 2.46. The largest absolute Gasteiger partial charge is 0.497 e. The number of methoxy groups -OCH3 is 1. The van der Waals surface area contributed by atoms with Gasteiger partial charge >= 0.3 is 0 Å². The number of aliphatic hydroxyl groups is 1. The molecule has 2 aromatic carbocycles. The second-order valence-corrected chi connectivity index (χ2v) is 17.2. The van der Waals surface area contributed by atoms with Crippen molar-refractivity contribution in [2.24, 2.45) is 5.92 Å². The molecular weight excluding hydrogens is 667 g/mol. The molecule has 0 radical (unpaired) electrons. The fourth-order valence-electron chi connectivity index (χ4n) is 8.33. The van der Waals surface area contributed by atoms with Crippen LogP contribution in [0.2, 0.25) is 0 Å². The summed E-state index contributed by atoms with van der Waals surface area (Å²) in [5, 5.41) is 12.1. The first kappa shape index (κ1) is 35.3. The first-order valence-corrected chi connectivity index (χ1v) is 19.9. The van der Waals surface area contributed by atoms with E-state index < -0.39 is 27.3 Å². The van der Waals surface area contributed by atoms with Crippen molar-refractivity contribution in [1.29, 1.82) is 0 Å². The predicted octanol–water partition coefficient (Wildman–Crippen LogP) is 5.97. The summed E-state index contributed by atoms with van der Waals surface area (Å²) in [6.45, 7) is 5.26. The highest BCUT2D eigenvalue weighted by molar-refractivity contribution is 7.90. The van der Waals surface area contributed by atoms with Crippen LogP contribution < -0.4 is 19.7 Å². The number of rotatable bonds is 10. The summed E-state index contributed by atoms with van der Waals surface area (Å²) < 4.78 is 35.6. The van der Waals surface area contributed by atoms with Crippen molar-refractivity contribution < 1.29 is 27.9 Å². The maximum atomic E-state index is 13.7. The molecule has 272 valence electrons. The number of benzene rings is 2. The molecule has 7 rings (SSSR count). The van der Waals surface area contributed by atoms with Gasteiger partial charge in [0.05, 0.1) is 36.5 Å². The third-order valence-electron chi connectivity index (χ3n) is 11.3. The molecule has 12 heteroatoms. The molecule has 3 heterocycles. The third-order valence-corrected chi connectivity index (χ3v) is 13.0. The molecule has 2 fully saturated rings. The average molecular weight is 716 g/mol. The molecule has 2 aliphatic heterocycles. The fraction of sp³-hybridized carbons (Fsp3) is 0.513. The van der Waals surface area contributed by atoms with Crippen molar-refractivity contribution in [3.63, 3.8) is 0 Å². The summed E-state index contributed by atoms with van der Waals surface area (Å²) in [6, 6.07) is 12.0. The minimum absolute atomic E-state index is 0.0666. The normalized spacial score (nSPS) is 21.1.